The second-order valence-electron chi connectivity index (χ2n) is 3.97. The van der Waals surface area contributed by atoms with E-state index in [1.165, 1.54) is 0 Å². The van der Waals surface area contributed by atoms with E-state index in [4.69, 9.17) is 10.2 Å². The van der Waals surface area contributed by atoms with E-state index in [2.05, 4.69) is 15.3 Å². The molecule has 18 heavy (non-hydrogen) atoms. The number of fused-ring (bicyclic) bond motifs is 1. The minimum atomic E-state index is 0.510. The molecule has 92 valence electrons. The lowest BCUT2D eigenvalue weighted by Crippen LogP contribution is -2.09. The molecule has 0 aliphatic rings. The van der Waals surface area contributed by atoms with Crippen molar-refractivity contribution in [3.63, 3.8) is 0 Å². The van der Waals surface area contributed by atoms with Gasteiger partial charge in [0.15, 0.2) is 5.58 Å². The fourth-order valence-corrected chi connectivity index (χ4v) is 1.73. The minimum Gasteiger partial charge on any atom is -0.424 e. The smallest absolute Gasteiger partial charge is 0.295 e. The summed E-state index contributed by atoms with van der Waals surface area (Å²) in [6.45, 7) is 1.53. The molecule has 0 spiro atoms. The predicted octanol–water partition coefficient (Wildman–Crippen LogP) is 1.72. The van der Waals surface area contributed by atoms with E-state index < -0.39 is 0 Å². The zero-order valence-corrected chi connectivity index (χ0v) is 9.71. The molecule has 3 rings (SSSR count). The SMILES string of the molecule is Nc1ccc2oc(NCCn3ccnc3)nc2c1. The van der Waals surface area contributed by atoms with Crippen LogP contribution in [0.1, 0.15) is 0 Å². The molecule has 2 heterocycles. The maximum atomic E-state index is 5.69. The van der Waals surface area contributed by atoms with Gasteiger partial charge in [0.25, 0.3) is 6.01 Å². The van der Waals surface area contributed by atoms with Crippen molar-refractivity contribution in [1.82, 2.24) is 14.5 Å². The molecule has 0 aliphatic heterocycles. The molecule has 1 aromatic carbocycles. The first kappa shape index (κ1) is 10.6. The Hall–Kier alpha value is -2.50. The lowest BCUT2D eigenvalue weighted by molar-refractivity contribution is 0.606. The van der Waals surface area contributed by atoms with E-state index in [0.717, 1.165) is 24.2 Å². The number of anilines is 2. The number of benzene rings is 1. The highest BCUT2D eigenvalue weighted by Gasteiger charge is 2.04. The molecule has 6 nitrogen and oxygen atoms in total. The van der Waals surface area contributed by atoms with Gasteiger partial charge in [-0.05, 0) is 18.2 Å². The first-order valence-corrected chi connectivity index (χ1v) is 5.67. The van der Waals surface area contributed by atoms with Crippen LogP contribution in [0, 0.1) is 0 Å². The van der Waals surface area contributed by atoms with Gasteiger partial charge in [-0.25, -0.2) is 4.98 Å². The van der Waals surface area contributed by atoms with Crippen molar-refractivity contribution in [3.8, 4) is 0 Å². The van der Waals surface area contributed by atoms with Gasteiger partial charge >= 0.3 is 0 Å². The van der Waals surface area contributed by atoms with Crippen LogP contribution >= 0.6 is 0 Å². The highest BCUT2D eigenvalue weighted by molar-refractivity contribution is 5.78. The second-order valence-corrected chi connectivity index (χ2v) is 3.97. The third-order valence-electron chi connectivity index (χ3n) is 2.62. The van der Waals surface area contributed by atoms with Gasteiger partial charge in [0.1, 0.15) is 5.52 Å². The molecular weight excluding hydrogens is 230 g/mol. The zero-order chi connectivity index (χ0) is 12.4. The van der Waals surface area contributed by atoms with Crippen LogP contribution in [0.5, 0.6) is 0 Å². The van der Waals surface area contributed by atoms with Crippen molar-refractivity contribution < 1.29 is 4.42 Å². The largest absolute Gasteiger partial charge is 0.424 e. The maximum Gasteiger partial charge on any atom is 0.295 e. The summed E-state index contributed by atoms with van der Waals surface area (Å²) in [4.78, 5) is 8.28. The Labute approximate surface area is 103 Å². The lowest BCUT2D eigenvalue weighted by Gasteiger charge is -2.01. The molecule has 0 amide bonds. The van der Waals surface area contributed by atoms with Crippen LogP contribution in [-0.4, -0.2) is 21.1 Å². The van der Waals surface area contributed by atoms with Gasteiger partial charge in [-0.1, -0.05) is 0 Å². The second kappa shape index (κ2) is 4.40. The van der Waals surface area contributed by atoms with E-state index in [9.17, 15) is 0 Å². The number of oxazole rings is 1. The molecule has 0 atom stereocenters. The molecule has 0 unspecified atom stereocenters. The third kappa shape index (κ3) is 2.13. The molecule has 0 fully saturated rings. The zero-order valence-electron chi connectivity index (χ0n) is 9.71. The third-order valence-corrected chi connectivity index (χ3v) is 2.62. The summed E-state index contributed by atoms with van der Waals surface area (Å²) in [6, 6.07) is 5.91. The Morgan fingerprint density at radius 1 is 1.39 bits per heavy atom. The number of nitrogen functional groups attached to an aromatic ring is 1. The van der Waals surface area contributed by atoms with Gasteiger partial charge in [-0.2, -0.15) is 4.98 Å². The predicted molar refractivity (Wildman–Crippen MR) is 69.1 cm³/mol. The van der Waals surface area contributed by atoms with E-state index >= 15 is 0 Å². The normalized spacial score (nSPS) is 10.9. The molecule has 0 saturated heterocycles. The van der Waals surface area contributed by atoms with Crippen LogP contribution in [0.3, 0.4) is 0 Å². The molecule has 6 heteroatoms. The van der Waals surface area contributed by atoms with Gasteiger partial charge in [0, 0.05) is 31.2 Å². The highest BCUT2D eigenvalue weighted by atomic mass is 16.4. The van der Waals surface area contributed by atoms with Crippen LogP contribution in [0.2, 0.25) is 0 Å². The Balaban J connectivity index is 1.67. The number of imidazole rings is 1. The number of nitrogens with one attached hydrogen (secondary N) is 1. The van der Waals surface area contributed by atoms with E-state index in [0.29, 0.717) is 11.7 Å². The lowest BCUT2D eigenvalue weighted by atomic mass is 10.3. The van der Waals surface area contributed by atoms with Crippen molar-refractivity contribution >= 4 is 22.8 Å². The van der Waals surface area contributed by atoms with Crippen LogP contribution in [0.4, 0.5) is 11.7 Å². The van der Waals surface area contributed by atoms with Gasteiger partial charge < -0.3 is 20.0 Å². The number of nitrogens with zero attached hydrogens (tertiary/aromatic N) is 3. The summed E-state index contributed by atoms with van der Waals surface area (Å²) in [6.07, 6.45) is 5.44. The topological polar surface area (TPSA) is 81.9 Å². The van der Waals surface area contributed by atoms with Crippen molar-refractivity contribution in [2.45, 2.75) is 6.54 Å². The number of aromatic nitrogens is 3. The number of nitrogens with two attached hydrogens (primary N) is 1. The number of rotatable bonds is 4. The molecule has 0 radical (unpaired) electrons. The summed E-state index contributed by atoms with van der Waals surface area (Å²) in [5.74, 6) is 0. The van der Waals surface area contributed by atoms with Crippen LogP contribution in [0.15, 0.2) is 41.3 Å². The average molecular weight is 243 g/mol. The molecular formula is C12H13N5O. The van der Waals surface area contributed by atoms with Crippen LogP contribution in [0.25, 0.3) is 11.1 Å². The Morgan fingerprint density at radius 3 is 3.17 bits per heavy atom. The Kier molecular flexibility index (Phi) is 2.60. The van der Waals surface area contributed by atoms with Crippen LogP contribution < -0.4 is 11.1 Å². The fourth-order valence-electron chi connectivity index (χ4n) is 1.73. The Morgan fingerprint density at radius 2 is 2.33 bits per heavy atom. The Bertz CT molecular complexity index is 644. The average Bonchev–Trinajstić information content (AvgIpc) is 2.97. The first-order chi connectivity index (χ1) is 8.81. The molecule has 0 saturated carbocycles. The molecule has 0 aliphatic carbocycles. The van der Waals surface area contributed by atoms with Crippen molar-refractivity contribution in [1.29, 1.82) is 0 Å². The number of hydrogen-bond donors (Lipinski definition) is 2. The summed E-state index contributed by atoms with van der Waals surface area (Å²) in [5.41, 5.74) is 7.86. The molecule has 0 bridgehead atoms. The quantitative estimate of drug-likeness (QED) is 0.682. The van der Waals surface area contributed by atoms with Gasteiger partial charge in [0.05, 0.1) is 6.33 Å². The van der Waals surface area contributed by atoms with Crippen LogP contribution in [-0.2, 0) is 6.54 Å². The summed E-state index contributed by atoms with van der Waals surface area (Å²) in [7, 11) is 0. The minimum absolute atomic E-state index is 0.510. The fraction of sp³-hybridized carbons (Fsp3) is 0.167. The summed E-state index contributed by atoms with van der Waals surface area (Å²) in [5, 5.41) is 3.12. The van der Waals surface area contributed by atoms with Gasteiger partial charge in [-0.3, -0.25) is 0 Å². The standard InChI is InChI=1S/C12H13N5O/c13-9-1-2-11-10(7-9)16-12(18-11)15-4-6-17-5-3-14-8-17/h1-3,5,7-8H,4,6,13H2,(H,15,16). The van der Waals surface area contributed by atoms with Gasteiger partial charge in [0.2, 0.25) is 0 Å². The number of hydrogen-bond acceptors (Lipinski definition) is 5. The maximum absolute atomic E-state index is 5.69. The first-order valence-electron chi connectivity index (χ1n) is 5.67. The van der Waals surface area contributed by atoms with E-state index in [1.54, 1.807) is 24.7 Å². The van der Waals surface area contributed by atoms with Crippen molar-refractivity contribution in [2.24, 2.45) is 0 Å². The summed E-state index contributed by atoms with van der Waals surface area (Å²) < 4.78 is 7.52. The molecule has 2 aromatic heterocycles. The van der Waals surface area contributed by atoms with E-state index in [-0.39, 0.29) is 0 Å². The molecule has 3 N–H and O–H groups in total. The monoisotopic (exact) mass is 243 g/mol. The van der Waals surface area contributed by atoms with Gasteiger partial charge in [-0.15, -0.1) is 0 Å². The molecule has 3 aromatic rings. The van der Waals surface area contributed by atoms with Crippen molar-refractivity contribution in [2.75, 3.05) is 17.6 Å². The summed E-state index contributed by atoms with van der Waals surface area (Å²) >= 11 is 0. The van der Waals surface area contributed by atoms with Crippen molar-refractivity contribution in [3.05, 3.63) is 36.9 Å². The van der Waals surface area contributed by atoms with E-state index in [1.807, 2.05) is 16.8 Å². The highest BCUT2D eigenvalue weighted by Crippen LogP contribution is 2.20.